The van der Waals surface area contributed by atoms with Gasteiger partial charge in [0.15, 0.2) is 10.9 Å². The Bertz CT molecular complexity index is 1050. The number of carbonyl (C=O) groups is 2. The Morgan fingerprint density at radius 1 is 1.17 bits per heavy atom. The molecule has 0 saturated carbocycles. The summed E-state index contributed by atoms with van der Waals surface area (Å²) < 4.78 is 7.05. The van der Waals surface area contributed by atoms with Gasteiger partial charge in [-0.3, -0.25) is 4.79 Å². The van der Waals surface area contributed by atoms with E-state index in [4.69, 9.17) is 9.72 Å². The number of Topliss-reactive ketones (excluding diaryl/α,β-unsaturated/α-hetero) is 1. The smallest absolute Gasteiger partial charge is 0.339 e. The van der Waals surface area contributed by atoms with Crippen molar-refractivity contribution in [2.45, 2.75) is 58.2 Å². The van der Waals surface area contributed by atoms with Crippen molar-refractivity contribution in [3.63, 3.8) is 0 Å². The molecule has 0 aliphatic carbocycles. The number of aryl methyl sites for hydroxylation is 2. The highest BCUT2D eigenvalue weighted by atomic mass is 32.2. The van der Waals surface area contributed by atoms with Crippen molar-refractivity contribution in [2.75, 3.05) is 12.9 Å². The number of unbranched alkanes of at least 4 members (excludes halogenated alkanes) is 3. The van der Waals surface area contributed by atoms with E-state index in [1.165, 1.54) is 38.1 Å². The number of benzene rings is 1. The van der Waals surface area contributed by atoms with Gasteiger partial charge in [0.1, 0.15) is 0 Å². The lowest BCUT2D eigenvalue weighted by Gasteiger charge is -2.08. The van der Waals surface area contributed by atoms with Crippen molar-refractivity contribution >= 4 is 34.5 Å². The average Bonchev–Trinajstić information content (AvgIpc) is 3.25. The average molecular weight is 428 g/mol. The summed E-state index contributed by atoms with van der Waals surface area (Å²) in [5.41, 5.74) is 4.24. The van der Waals surface area contributed by atoms with Gasteiger partial charge in [0.25, 0.3) is 0 Å². The number of nitrogens with one attached hydrogen (secondary N) is 1. The van der Waals surface area contributed by atoms with E-state index in [0.29, 0.717) is 22.5 Å². The SMILES string of the molecule is CCCCCCn1c(SCC(=O)c2[nH]c(C)c(C(=O)OC)c2C)nc2ccccc21. The number of ketones is 1. The van der Waals surface area contributed by atoms with Gasteiger partial charge in [-0.1, -0.05) is 50.1 Å². The molecule has 2 aromatic heterocycles. The number of aromatic nitrogens is 3. The Morgan fingerprint density at radius 3 is 2.67 bits per heavy atom. The number of imidazole rings is 1. The third-order valence-corrected chi connectivity index (χ3v) is 6.27. The van der Waals surface area contributed by atoms with Gasteiger partial charge in [-0.25, -0.2) is 9.78 Å². The largest absolute Gasteiger partial charge is 0.465 e. The lowest BCUT2D eigenvalue weighted by atomic mass is 10.1. The van der Waals surface area contributed by atoms with Crippen LogP contribution in [0.4, 0.5) is 0 Å². The molecular formula is C23H29N3O3S. The second kappa shape index (κ2) is 9.98. The van der Waals surface area contributed by atoms with E-state index in [2.05, 4.69) is 22.5 Å². The van der Waals surface area contributed by atoms with Crippen LogP contribution in [-0.2, 0) is 11.3 Å². The Labute approximate surface area is 181 Å². The Morgan fingerprint density at radius 2 is 1.93 bits per heavy atom. The number of rotatable bonds is 10. The zero-order valence-corrected chi connectivity index (χ0v) is 18.9. The summed E-state index contributed by atoms with van der Waals surface area (Å²) in [5, 5.41) is 0.857. The van der Waals surface area contributed by atoms with Gasteiger partial charge in [0.2, 0.25) is 0 Å². The zero-order valence-electron chi connectivity index (χ0n) is 18.1. The maximum absolute atomic E-state index is 12.9. The van der Waals surface area contributed by atoms with Crippen molar-refractivity contribution in [3.8, 4) is 0 Å². The number of hydrogen-bond donors (Lipinski definition) is 1. The van der Waals surface area contributed by atoms with Gasteiger partial charge in [-0.2, -0.15) is 0 Å². The maximum Gasteiger partial charge on any atom is 0.339 e. The zero-order chi connectivity index (χ0) is 21.7. The quantitative estimate of drug-likeness (QED) is 0.205. The number of hydrogen-bond acceptors (Lipinski definition) is 5. The molecule has 0 saturated heterocycles. The van der Waals surface area contributed by atoms with Crippen molar-refractivity contribution in [2.24, 2.45) is 0 Å². The van der Waals surface area contributed by atoms with Gasteiger partial charge in [-0.15, -0.1) is 0 Å². The van der Waals surface area contributed by atoms with E-state index in [-0.39, 0.29) is 11.5 Å². The first-order valence-electron chi connectivity index (χ1n) is 10.4. The minimum absolute atomic E-state index is 0.0552. The summed E-state index contributed by atoms with van der Waals surface area (Å²) in [6.45, 7) is 6.65. The van der Waals surface area contributed by atoms with Crippen LogP contribution >= 0.6 is 11.8 Å². The molecule has 1 N–H and O–H groups in total. The van der Waals surface area contributed by atoms with E-state index in [1.54, 1.807) is 13.8 Å². The molecular weight excluding hydrogens is 398 g/mol. The summed E-state index contributed by atoms with van der Waals surface area (Å²) in [5.74, 6) is -0.234. The molecule has 1 aromatic carbocycles. The number of esters is 1. The topological polar surface area (TPSA) is 77.0 Å². The van der Waals surface area contributed by atoms with Crippen LogP contribution in [0, 0.1) is 13.8 Å². The molecule has 0 unspecified atom stereocenters. The van der Waals surface area contributed by atoms with Crippen molar-refractivity contribution in [3.05, 3.63) is 46.8 Å². The molecule has 30 heavy (non-hydrogen) atoms. The number of fused-ring (bicyclic) bond motifs is 1. The number of thioether (sulfide) groups is 1. The van der Waals surface area contributed by atoms with Crippen LogP contribution in [0.25, 0.3) is 11.0 Å². The molecule has 0 spiro atoms. The monoisotopic (exact) mass is 427 g/mol. The van der Waals surface area contributed by atoms with E-state index in [1.807, 2.05) is 18.2 Å². The first kappa shape index (κ1) is 22.2. The van der Waals surface area contributed by atoms with Crippen LogP contribution in [0.2, 0.25) is 0 Å². The molecule has 0 atom stereocenters. The number of nitrogens with zero attached hydrogens (tertiary/aromatic N) is 2. The van der Waals surface area contributed by atoms with E-state index < -0.39 is 5.97 Å². The fourth-order valence-electron chi connectivity index (χ4n) is 3.72. The number of aromatic amines is 1. The second-order valence-electron chi connectivity index (χ2n) is 7.42. The maximum atomic E-state index is 12.9. The number of ether oxygens (including phenoxy) is 1. The number of carbonyl (C=O) groups excluding carboxylic acids is 2. The molecule has 7 heteroatoms. The third kappa shape index (κ3) is 4.61. The molecule has 0 aliphatic rings. The third-order valence-electron chi connectivity index (χ3n) is 5.29. The van der Waals surface area contributed by atoms with Gasteiger partial charge < -0.3 is 14.3 Å². The van der Waals surface area contributed by atoms with Gasteiger partial charge in [-0.05, 0) is 38.0 Å². The molecule has 0 amide bonds. The normalized spacial score (nSPS) is 11.2. The highest BCUT2D eigenvalue weighted by Crippen LogP contribution is 2.27. The van der Waals surface area contributed by atoms with Gasteiger partial charge >= 0.3 is 5.97 Å². The van der Waals surface area contributed by atoms with Crippen LogP contribution in [0.3, 0.4) is 0 Å². The number of H-pyrrole nitrogens is 1. The fourth-order valence-corrected chi connectivity index (χ4v) is 4.63. The Balaban J connectivity index is 1.78. The molecule has 2 heterocycles. The van der Waals surface area contributed by atoms with Crippen LogP contribution in [0.5, 0.6) is 0 Å². The van der Waals surface area contributed by atoms with Crippen LogP contribution in [-0.4, -0.2) is 39.2 Å². The standard InChI is InChI=1S/C23H29N3O3S/c1-5-6-7-10-13-26-18-12-9-8-11-17(18)25-23(26)30-14-19(27)21-15(2)20(16(3)24-21)22(28)29-4/h8-9,11-12,24H,5-7,10,13-14H2,1-4H3. The predicted molar refractivity (Wildman–Crippen MR) is 121 cm³/mol. The lowest BCUT2D eigenvalue weighted by molar-refractivity contribution is 0.0599. The van der Waals surface area contributed by atoms with E-state index in [0.717, 1.165) is 29.2 Å². The molecule has 0 radical (unpaired) electrons. The first-order valence-corrected chi connectivity index (χ1v) is 11.3. The van der Waals surface area contributed by atoms with E-state index in [9.17, 15) is 9.59 Å². The van der Waals surface area contributed by atoms with Gasteiger partial charge in [0, 0.05) is 12.2 Å². The summed E-state index contributed by atoms with van der Waals surface area (Å²) in [7, 11) is 1.34. The lowest BCUT2D eigenvalue weighted by Crippen LogP contribution is -2.08. The number of methoxy groups -OCH3 is 1. The molecule has 3 aromatic rings. The fraction of sp³-hybridized carbons (Fsp3) is 0.435. The number of para-hydroxylation sites is 2. The van der Waals surface area contributed by atoms with Gasteiger partial charge in [0.05, 0.1) is 35.2 Å². The van der Waals surface area contributed by atoms with Crippen LogP contribution in [0.15, 0.2) is 29.4 Å². The minimum atomic E-state index is -0.429. The van der Waals surface area contributed by atoms with Crippen molar-refractivity contribution in [1.29, 1.82) is 0 Å². The highest BCUT2D eigenvalue weighted by Gasteiger charge is 2.23. The van der Waals surface area contributed by atoms with E-state index >= 15 is 0 Å². The van der Waals surface area contributed by atoms with Crippen molar-refractivity contribution < 1.29 is 14.3 Å². The molecule has 0 fully saturated rings. The van der Waals surface area contributed by atoms with Crippen LogP contribution < -0.4 is 0 Å². The summed E-state index contributed by atoms with van der Waals surface area (Å²) in [6.07, 6.45) is 4.70. The summed E-state index contributed by atoms with van der Waals surface area (Å²) >= 11 is 1.44. The van der Waals surface area contributed by atoms with Crippen LogP contribution in [0.1, 0.15) is 64.7 Å². The van der Waals surface area contributed by atoms with Crippen molar-refractivity contribution in [1.82, 2.24) is 14.5 Å². The first-order chi connectivity index (χ1) is 14.5. The summed E-state index contributed by atoms with van der Waals surface area (Å²) in [4.78, 5) is 32.7. The molecule has 3 rings (SSSR count). The predicted octanol–water partition coefficient (Wildman–Crippen LogP) is 5.32. The molecule has 160 valence electrons. The minimum Gasteiger partial charge on any atom is -0.465 e. The Kier molecular flexibility index (Phi) is 7.37. The molecule has 0 bridgehead atoms. The molecule has 0 aliphatic heterocycles. The summed E-state index contributed by atoms with van der Waals surface area (Å²) in [6, 6.07) is 8.08. The Hall–Kier alpha value is -2.54. The second-order valence-corrected chi connectivity index (χ2v) is 8.37. The highest BCUT2D eigenvalue weighted by molar-refractivity contribution is 7.99. The molecule has 6 nitrogen and oxygen atoms in total.